The first-order valence-electron chi connectivity index (χ1n) is 8.71. The zero-order valence-electron chi connectivity index (χ0n) is 14.5. The Morgan fingerprint density at radius 3 is 2.96 bits per heavy atom. The van der Waals surface area contributed by atoms with E-state index < -0.39 is 6.04 Å². The normalized spacial score (nSPS) is 17.0. The van der Waals surface area contributed by atoms with Gasteiger partial charge in [-0.25, -0.2) is 4.98 Å². The Morgan fingerprint density at radius 1 is 1.27 bits per heavy atom. The Bertz CT molecular complexity index is 979. The summed E-state index contributed by atoms with van der Waals surface area (Å²) in [7, 11) is 0. The fraction of sp³-hybridized carbons (Fsp3) is 0.250. The Balaban J connectivity index is 1.54. The maximum atomic E-state index is 12.7. The van der Waals surface area contributed by atoms with Gasteiger partial charge in [-0.2, -0.15) is 0 Å². The number of anilines is 1. The second-order valence-corrected chi connectivity index (χ2v) is 6.59. The fourth-order valence-corrected chi connectivity index (χ4v) is 3.47. The molecular weight excluding hydrogens is 328 g/mol. The van der Waals surface area contributed by atoms with Crippen LogP contribution in [-0.4, -0.2) is 32.7 Å². The summed E-state index contributed by atoms with van der Waals surface area (Å²) in [5.74, 6) is 0.336. The first kappa shape index (κ1) is 16.3. The highest BCUT2D eigenvalue weighted by molar-refractivity contribution is 5.98. The third-order valence-corrected chi connectivity index (χ3v) is 4.79. The summed E-state index contributed by atoms with van der Waals surface area (Å²) >= 11 is 0. The van der Waals surface area contributed by atoms with Crippen molar-refractivity contribution >= 4 is 28.5 Å². The topological polar surface area (TPSA) is 78.1 Å². The maximum Gasteiger partial charge on any atom is 0.248 e. The number of H-pyrrole nitrogens is 1. The fourth-order valence-electron chi connectivity index (χ4n) is 3.47. The number of amides is 2. The number of pyridine rings is 1. The molecule has 1 aliphatic heterocycles. The molecule has 0 aliphatic carbocycles. The largest absolute Gasteiger partial charge is 0.361 e. The molecule has 0 spiro atoms. The molecule has 26 heavy (non-hydrogen) atoms. The average molecular weight is 348 g/mol. The molecule has 1 aliphatic rings. The molecule has 1 fully saturated rings. The van der Waals surface area contributed by atoms with Gasteiger partial charge in [0, 0.05) is 35.8 Å². The number of aromatic nitrogens is 2. The van der Waals surface area contributed by atoms with E-state index in [1.165, 1.54) is 0 Å². The highest BCUT2D eigenvalue weighted by Crippen LogP contribution is 2.26. The van der Waals surface area contributed by atoms with Crippen molar-refractivity contribution in [2.24, 2.45) is 0 Å². The molecule has 0 radical (unpaired) electrons. The Kier molecular flexibility index (Phi) is 4.16. The number of nitrogens with one attached hydrogen (secondary N) is 2. The molecule has 6 heteroatoms. The number of aromatic amines is 1. The molecule has 2 N–H and O–H groups in total. The van der Waals surface area contributed by atoms with Crippen LogP contribution in [-0.2, 0) is 16.1 Å². The number of carbonyl (C=O) groups excluding carboxylic acids is 2. The van der Waals surface area contributed by atoms with Crippen molar-refractivity contribution < 1.29 is 9.59 Å². The number of hydrogen-bond donors (Lipinski definition) is 2. The molecule has 3 heterocycles. The Hall–Kier alpha value is -3.15. The van der Waals surface area contributed by atoms with Gasteiger partial charge in [0.05, 0.1) is 0 Å². The number of nitrogens with zero attached hydrogens (tertiary/aromatic N) is 2. The van der Waals surface area contributed by atoms with E-state index in [4.69, 9.17) is 0 Å². The number of benzene rings is 1. The molecule has 2 amide bonds. The molecule has 6 nitrogen and oxygen atoms in total. The minimum absolute atomic E-state index is 0.00707. The number of likely N-dealkylation sites (tertiary alicyclic amines) is 1. The molecule has 0 bridgehead atoms. The van der Waals surface area contributed by atoms with Crippen LogP contribution in [0.4, 0.5) is 5.82 Å². The number of aryl methyl sites for hydroxylation is 1. The van der Waals surface area contributed by atoms with E-state index >= 15 is 0 Å². The lowest BCUT2D eigenvalue weighted by Crippen LogP contribution is -2.41. The van der Waals surface area contributed by atoms with Gasteiger partial charge in [0.2, 0.25) is 11.8 Å². The van der Waals surface area contributed by atoms with Crippen LogP contribution in [0, 0.1) is 6.92 Å². The van der Waals surface area contributed by atoms with Crippen molar-refractivity contribution in [1.29, 1.82) is 0 Å². The minimum atomic E-state index is -0.474. The molecule has 1 aromatic carbocycles. The van der Waals surface area contributed by atoms with E-state index in [1.54, 1.807) is 11.0 Å². The summed E-state index contributed by atoms with van der Waals surface area (Å²) < 4.78 is 0. The van der Waals surface area contributed by atoms with Crippen molar-refractivity contribution in [2.45, 2.75) is 32.4 Å². The van der Waals surface area contributed by atoms with Crippen molar-refractivity contribution in [3.05, 3.63) is 59.9 Å². The summed E-state index contributed by atoms with van der Waals surface area (Å²) in [5.41, 5.74) is 2.88. The van der Waals surface area contributed by atoms with Gasteiger partial charge in [0.1, 0.15) is 11.9 Å². The van der Waals surface area contributed by atoms with Crippen molar-refractivity contribution in [2.75, 3.05) is 5.32 Å². The van der Waals surface area contributed by atoms with E-state index in [1.807, 2.05) is 49.5 Å². The van der Waals surface area contributed by atoms with E-state index in [0.29, 0.717) is 25.2 Å². The average Bonchev–Trinajstić information content (AvgIpc) is 3.20. The number of carbonyl (C=O) groups is 2. The van der Waals surface area contributed by atoms with Crippen molar-refractivity contribution in [1.82, 2.24) is 14.9 Å². The first-order chi connectivity index (χ1) is 12.6. The third kappa shape index (κ3) is 3.06. The van der Waals surface area contributed by atoms with Crippen LogP contribution in [0.3, 0.4) is 0 Å². The van der Waals surface area contributed by atoms with Crippen molar-refractivity contribution in [3.63, 3.8) is 0 Å². The molecule has 3 aromatic rings. The van der Waals surface area contributed by atoms with Crippen LogP contribution < -0.4 is 5.32 Å². The highest BCUT2D eigenvalue weighted by atomic mass is 16.2. The van der Waals surface area contributed by atoms with Gasteiger partial charge in [-0.1, -0.05) is 24.3 Å². The predicted octanol–water partition coefficient (Wildman–Crippen LogP) is 3.00. The lowest BCUT2D eigenvalue weighted by molar-refractivity contribution is -0.133. The monoisotopic (exact) mass is 348 g/mol. The molecular formula is C20H20N4O2. The number of para-hydroxylation sites is 1. The van der Waals surface area contributed by atoms with Gasteiger partial charge < -0.3 is 15.2 Å². The summed E-state index contributed by atoms with van der Waals surface area (Å²) in [5, 5.41) is 3.92. The molecule has 1 atom stereocenters. The van der Waals surface area contributed by atoms with Gasteiger partial charge >= 0.3 is 0 Å². The Labute approximate surface area is 151 Å². The quantitative estimate of drug-likeness (QED) is 0.761. The second-order valence-electron chi connectivity index (χ2n) is 6.59. The second kappa shape index (κ2) is 6.63. The summed E-state index contributed by atoms with van der Waals surface area (Å²) in [6, 6.07) is 13.0. The van der Waals surface area contributed by atoms with Gasteiger partial charge in [-0.3, -0.25) is 9.59 Å². The number of fused-ring (bicyclic) bond motifs is 1. The predicted molar refractivity (Wildman–Crippen MR) is 99.5 cm³/mol. The van der Waals surface area contributed by atoms with Crippen LogP contribution >= 0.6 is 0 Å². The third-order valence-electron chi connectivity index (χ3n) is 4.79. The van der Waals surface area contributed by atoms with E-state index in [-0.39, 0.29) is 11.8 Å². The van der Waals surface area contributed by atoms with E-state index in [0.717, 1.165) is 22.2 Å². The lowest BCUT2D eigenvalue weighted by Gasteiger charge is -2.23. The first-order valence-corrected chi connectivity index (χ1v) is 8.71. The lowest BCUT2D eigenvalue weighted by atomic mass is 10.1. The molecule has 132 valence electrons. The zero-order valence-corrected chi connectivity index (χ0v) is 14.5. The van der Waals surface area contributed by atoms with Crippen LogP contribution in [0.1, 0.15) is 24.1 Å². The highest BCUT2D eigenvalue weighted by Gasteiger charge is 2.36. The summed E-state index contributed by atoms with van der Waals surface area (Å²) in [4.78, 5) is 34.3. The smallest absolute Gasteiger partial charge is 0.248 e. The summed E-state index contributed by atoms with van der Waals surface area (Å²) in [6.07, 6.45) is 2.83. The van der Waals surface area contributed by atoms with Crippen LogP contribution in [0.15, 0.2) is 48.7 Å². The Morgan fingerprint density at radius 2 is 2.12 bits per heavy atom. The van der Waals surface area contributed by atoms with Crippen molar-refractivity contribution in [3.8, 4) is 0 Å². The molecule has 1 unspecified atom stereocenters. The zero-order chi connectivity index (χ0) is 18.1. The van der Waals surface area contributed by atoms with Crippen LogP contribution in [0.5, 0.6) is 0 Å². The maximum absolute atomic E-state index is 12.7. The van der Waals surface area contributed by atoms with Gasteiger partial charge in [0.25, 0.3) is 0 Å². The van der Waals surface area contributed by atoms with Gasteiger partial charge in [0.15, 0.2) is 0 Å². The molecule has 2 aromatic heterocycles. The molecule has 1 saturated heterocycles. The molecule has 4 rings (SSSR count). The van der Waals surface area contributed by atoms with E-state index in [2.05, 4.69) is 15.3 Å². The van der Waals surface area contributed by atoms with Crippen LogP contribution in [0.25, 0.3) is 10.9 Å². The van der Waals surface area contributed by atoms with Crippen LogP contribution in [0.2, 0.25) is 0 Å². The van der Waals surface area contributed by atoms with E-state index in [9.17, 15) is 9.59 Å². The SMILES string of the molecule is Cc1cccc(NC(=O)C2CCC(=O)N2Cc2c[nH]c3ccccc23)n1. The summed E-state index contributed by atoms with van der Waals surface area (Å²) in [6.45, 7) is 2.29. The molecule has 0 saturated carbocycles. The number of rotatable bonds is 4. The number of hydrogen-bond acceptors (Lipinski definition) is 3. The van der Waals surface area contributed by atoms with Gasteiger partial charge in [-0.15, -0.1) is 0 Å². The minimum Gasteiger partial charge on any atom is -0.361 e. The standard InChI is InChI=1S/C20H20N4O2/c1-13-5-4-8-18(22-13)23-20(26)17-9-10-19(25)24(17)12-14-11-21-16-7-3-2-6-15(14)16/h2-8,11,17,21H,9-10,12H2,1H3,(H,22,23,26). The van der Waals surface area contributed by atoms with Gasteiger partial charge in [-0.05, 0) is 37.1 Å².